The van der Waals surface area contributed by atoms with Crippen molar-refractivity contribution in [3.05, 3.63) is 34.9 Å². The second-order valence-electron chi connectivity index (χ2n) is 3.63. The van der Waals surface area contributed by atoms with Gasteiger partial charge in [0.15, 0.2) is 0 Å². The molecule has 0 radical (unpaired) electrons. The summed E-state index contributed by atoms with van der Waals surface area (Å²) in [4.78, 5) is 0. The summed E-state index contributed by atoms with van der Waals surface area (Å²) < 4.78 is 26.3. The molecule has 0 bridgehead atoms. The van der Waals surface area contributed by atoms with Gasteiger partial charge in [0, 0.05) is 12.0 Å². The maximum Gasteiger partial charge on any atom is 0.127 e. The molecule has 2 N–H and O–H groups in total. The zero-order valence-corrected chi connectivity index (χ0v) is 7.35. The van der Waals surface area contributed by atoms with Gasteiger partial charge in [-0.15, -0.1) is 0 Å². The minimum atomic E-state index is -0.351. The van der Waals surface area contributed by atoms with Gasteiger partial charge in [-0.3, -0.25) is 0 Å². The number of rotatable bonds is 1. The molecule has 1 aromatic rings. The van der Waals surface area contributed by atoms with Crippen LogP contribution in [0.5, 0.6) is 0 Å². The molecule has 2 rings (SSSR count). The Morgan fingerprint density at radius 3 is 2.46 bits per heavy atom. The molecule has 0 amide bonds. The van der Waals surface area contributed by atoms with Crippen LogP contribution in [0.1, 0.15) is 23.5 Å². The summed E-state index contributed by atoms with van der Waals surface area (Å²) in [6.07, 6.45) is 0.763. The highest BCUT2D eigenvalue weighted by Crippen LogP contribution is 2.40. The first-order chi connectivity index (χ1) is 6.09. The van der Waals surface area contributed by atoms with Crippen molar-refractivity contribution in [2.75, 3.05) is 0 Å². The predicted octanol–water partition coefficient (Wildman–Crippen LogP) is 2.09. The van der Waals surface area contributed by atoms with Crippen LogP contribution in [-0.2, 0) is 0 Å². The standard InChI is InChI=1S/C10H11F2N/c1-5-2-9(12)6(3-8(5)11)7-4-10(7)13/h2-3,7,10H,4,13H2,1H3. The van der Waals surface area contributed by atoms with Gasteiger partial charge in [0.25, 0.3) is 0 Å². The van der Waals surface area contributed by atoms with E-state index in [2.05, 4.69) is 0 Å². The van der Waals surface area contributed by atoms with Gasteiger partial charge in [0.05, 0.1) is 0 Å². The van der Waals surface area contributed by atoms with Crippen LogP contribution in [0.2, 0.25) is 0 Å². The molecule has 0 heterocycles. The summed E-state index contributed by atoms with van der Waals surface area (Å²) in [5.41, 5.74) is 6.34. The number of benzene rings is 1. The Hall–Kier alpha value is -0.960. The van der Waals surface area contributed by atoms with Crippen molar-refractivity contribution in [2.24, 2.45) is 5.73 Å². The highest BCUT2D eigenvalue weighted by atomic mass is 19.1. The third-order valence-electron chi connectivity index (χ3n) is 2.52. The Bertz CT molecular complexity index is 349. The number of hydrogen-bond donors (Lipinski definition) is 1. The van der Waals surface area contributed by atoms with Crippen LogP contribution in [0.15, 0.2) is 12.1 Å². The molecule has 1 nitrogen and oxygen atoms in total. The first-order valence-corrected chi connectivity index (χ1v) is 4.30. The van der Waals surface area contributed by atoms with Gasteiger partial charge in [0.2, 0.25) is 0 Å². The normalized spacial score (nSPS) is 26.2. The Morgan fingerprint density at radius 2 is 1.92 bits per heavy atom. The Kier molecular flexibility index (Phi) is 1.84. The molecule has 1 aliphatic carbocycles. The lowest BCUT2D eigenvalue weighted by Gasteiger charge is -2.03. The smallest absolute Gasteiger partial charge is 0.127 e. The summed E-state index contributed by atoms with van der Waals surface area (Å²) in [5.74, 6) is -0.664. The lowest BCUT2D eigenvalue weighted by Crippen LogP contribution is -2.03. The third-order valence-corrected chi connectivity index (χ3v) is 2.52. The molecule has 0 spiro atoms. The average Bonchev–Trinajstić information content (AvgIpc) is 2.75. The van der Waals surface area contributed by atoms with Crippen molar-refractivity contribution >= 4 is 0 Å². The van der Waals surface area contributed by atoms with Crippen LogP contribution in [0.3, 0.4) is 0 Å². The zero-order valence-electron chi connectivity index (χ0n) is 7.35. The SMILES string of the molecule is Cc1cc(F)c(C2CC2N)cc1F. The average molecular weight is 183 g/mol. The minimum Gasteiger partial charge on any atom is -0.327 e. The van der Waals surface area contributed by atoms with E-state index < -0.39 is 0 Å². The van der Waals surface area contributed by atoms with Gasteiger partial charge in [-0.2, -0.15) is 0 Å². The number of hydrogen-bond acceptors (Lipinski definition) is 1. The first kappa shape index (κ1) is 8.63. The summed E-state index contributed by atoms with van der Waals surface area (Å²) in [6, 6.07) is 2.51. The second-order valence-corrected chi connectivity index (χ2v) is 3.63. The van der Waals surface area contributed by atoms with Gasteiger partial charge in [0.1, 0.15) is 11.6 Å². The van der Waals surface area contributed by atoms with Crippen molar-refractivity contribution in [1.29, 1.82) is 0 Å². The molecule has 3 heteroatoms. The van der Waals surface area contributed by atoms with Gasteiger partial charge >= 0.3 is 0 Å². The fourth-order valence-electron chi connectivity index (χ4n) is 1.52. The van der Waals surface area contributed by atoms with Crippen molar-refractivity contribution in [3.8, 4) is 0 Å². The Morgan fingerprint density at radius 1 is 1.31 bits per heavy atom. The molecule has 0 aliphatic heterocycles. The van der Waals surface area contributed by atoms with E-state index in [9.17, 15) is 8.78 Å². The van der Waals surface area contributed by atoms with Crippen LogP contribution in [0, 0.1) is 18.6 Å². The summed E-state index contributed by atoms with van der Waals surface area (Å²) in [5, 5.41) is 0. The quantitative estimate of drug-likeness (QED) is 0.708. The van der Waals surface area contributed by atoms with Crippen molar-refractivity contribution in [2.45, 2.75) is 25.3 Å². The fraction of sp³-hybridized carbons (Fsp3) is 0.400. The van der Waals surface area contributed by atoms with Gasteiger partial charge in [-0.05, 0) is 36.6 Å². The molecule has 2 atom stereocenters. The third kappa shape index (κ3) is 1.44. The molecular weight excluding hydrogens is 172 g/mol. The maximum atomic E-state index is 13.3. The monoisotopic (exact) mass is 183 g/mol. The van der Waals surface area contributed by atoms with Crippen molar-refractivity contribution in [3.63, 3.8) is 0 Å². The Balaban J connectivity index is 2.41. The molecule has 2 unspecified atom stereocenters. The van der Waals surface area contributed by atoms with Crippen LogP contribution in [0.25, 0.3) is 0 Å². The van der Waals surface area contributed by atoms with Crippen LogP contribution in [-0.4, -0.2) is 6.04 Å². The van der Waals surface area contributed by atoms with E-state index in [1.54, 1.807) is 6.92 Å². The Labute approximate surface area is 75.6 Å². The van der Waals surface area contributed by atoms with Crippen LogP contribution < -0.4 is 5.73 Å². The lowest BCUT2D eigenvalue weighted by molar-refractivity contribution is 0.578. The van der Waals surface area contributed by atoms with E-state index in [0.29, 0.717) is 11.1 Å². The van der Waals surface area contributed by atoms with E-state index in [1.807, 2.05) is 0 Å². The predicted molar refractivity (Wildman–Crippen MR) is 46.4 cm³/mol. The fourth-order valence-corrected chi connectivity index (χ4v) is 1.52. The molecule has 1 fully saturated rings. The highest BCUT2D eigenvalue weighted by molar-refractivity contribution is 5.32. The van der Waals surface area contributed by atoms with Crippen molar-refractivity contribution < 1.29 is 8.78 Å². The largest absolute Gasteiger partial charge is 0.327 e. The zero-order chi connectivity index (χ0) is 9.59. The molecule has 1 aromatic carbocycles. The molecule has 0 saturated heterocycles. The summed E-state index contributed by atoms with van der Waals surface area (Å²) in [6.45, 7) is 1.55. The molecule has 1 saturated carbocycles. The van der Waals surface area contributed by atoms with Crippen LogP contribution in [0.4, 0.5) is 8.78 Å². The van der Waals surface area contributed by atoms with Crippen LogP contribution >= 0.6 is 0 Å². The lowest BCUT2D eigenvalue weighted by atomic mass is 10.1. The van der Waals surface area contributed by atoms with E-state index in [-0.39, 0.29) is 23.6 Å². The minimum absolute atomic E-state index is 0.0107. The van der Waals surface area contributed by atoms with Gasteiger partial charge in [-0.25, -0.2) is 8.78 Å². The molecule has 1 aliphatic rings. The topological polar surface area (TPSA) is 26.0 Å². The summed E-state index contributed by atoms with van der Waals surface area (Å²) in [7, 11) is 0. The first-order valence-electron chi connectivity index (χ1n) is 4.30. The van der Waals surface area contributed by atoms with Gasteiger partial charge < -0.3 is 5.73 Å². The summed E-state index contributed by atoms with van der Waals surface area (Å²) >= 11 is 0. The van der Waals surface area contributed by atoms with E-state index in [4.69, 9.17) is 5.73 Å². The number of nitrogens with two attached hydrogens (primary N) is 1. The maximum absolute atomic E-state index is 13.3. The highest BCUT2D eigenvalue weighted by Gasteiger charge is 2.37. The van der Waals surface area contributed by atoms with E-state index >= 15 is 0 Å². The van der Waals surface area contributed by atoms with Gasteiger partial charge in [-0.1, -0.05) is 0 Å². The van der Waals surface area contributed by atoms with Crippen molar-refractivity contribution in [1.82, 2.24) is 0 Å². The second kappa shape index (κ2) is 2.77. The molecule has 70 valence electrons. The van der Waals surface area contributed by atoms with E-state index in [1.165, 1.54) is 12.1 Å². The molecular formula is C10H11F2N. The number of halogens is 2. The molecule has 13 heavy (non-hydrogen) atoms. The number of aryl methyl sites for hydroxylation is 1. The van der Waals surface area contributed by atoms with E-state index in [0.717, 1.165) is 6.42 Å². The molecule has 0 aromatic heterocycles.